The molecule has 29 heavy (non-hydrogen) atoms. The van der Waals surface area contributed by atoms with Gasteiger partial charge in [-0.05, 0) is 36.8 Å². The Kier molecular flexibility index (Phi) is 6.32. The summed E-state index contributed by atoms with van der Waals surface area (Å²) < 4.78 is 5.29. The van der Waals surface area contributed by atoms with Gasteiger partial charge >= 0.3 is 0 Å². The summed E-state index contributed by atoms with van der Waals surface area (Å²) in [6.07, 6.45) is 1.17. The van der Waals surface area contributed by atoms with Crippen LogP contribution in [-0.2, 0) is 9.59 Å². The molecule has 1 aliphatic rings. The molecule has 1 heterocycles. The van der Waals surface area contributed by atoms with Crippen molar-refractivity contribution in [1.82, 2.24) is 10.9 Å². The fourth-order valence-electron chi connectivity index (χ4n) is 2.83. The van der Waals surface area contributed by atoms with Crippen LogP contribution in [0.5, 0.6) is 5.75 Å². The highest BCUT2D eigenvalue weighted by atomic mass is 35.5. The van der Waals surface area contributed by atoms with Crippen LogP contribution >= 0.6 is 11.6 Å². The number of hydrogen-bond donors (Lipinski definition) is 2. The molecule has 2 N–H and O–H groups in total. The second-order valence-corrected chi connectivity index (χ2v) is 6.62. The lowest BCUT2D eigenvalue weighted by Gasteiger charge is -2.18. The molecule has 0 bridgehead atoms. The number of amides is 3. The number of hydrogen-bond acceptors (Lipinski definition) is 5. The third-order valence-electron chi connectivity index (χ3n) is 4.25. The first-order chi connectivity index (χ1) is 14.0. The van der Waals surface area contributed by atoms with Gasteiger partial charge in [-0.25, -0.2) is 0 Å². The van der Waals surface area contributed by atoms with Crippen molar-refractivity contribution in [3.63, 3.8) is 0 Å². The predicted molar refractivity (Wildman–Crippen MR) is 105 cm³/mol. The Morgan fingerprint density at radius 1 is 1.21 bits per heavy atom. The lowest BCUT2D eigenvalue weighted by atomic mass is 10.2. The van der Waals surface area contributed by atoms with Crippen LogP contribution in [0.1, 0.15) is 28.8 Å². The molecule has 0 atom stereocenters. The third-order valence-corrected chi connectivity index (χ3v) is 4.57. The van der Waals surface area contributed by atoms with Crippen LogP contribution in [0.4, 0.5) is 5.69 Å². The number of benzene rings is 2. The SMILES string of the molecule is N#Cc1ccccc1OCC(=O)NNC(=O)c1ccc(Cl)c(N2CCCC2=O)c1. The van der Waals surface area contributed by atoms with E-state index in [9.17, 15) is 14.4 Å². The number of para-hydroxylation sites is 1. The Balaban J connectivity index is 1.57. The fourth-order valence-corrected chi connectivity index (χ4v) is 3.05. The lowest BCUT2D eigenvalue weighted by molar-refractivity contribution is -0.123. The number of carbonyl (C=O) groups is 3. The molecule has 0 unspecified atom stereocenters. The van der Waals surface area contributed by atoms with Gasteiger partial charge in [-0.1, -0.05) is 23.7 Å². The molecule has 3 rings (SSSR count). The largest absolute Gasteiger partial charge is 0.482 e. The van der Waals surface area contributed by atoms with E-state index in [0.29, 0.717) is 29.2 Å². The van der Waals surface area contributed by atoms with E-state index in [1.54, 1.807) is 24.3 Å². The van der Waals surface area contributed by atoms with Crippen molar-refractivity contribution in [1.29, 1.82) is 5.26 Å². The number of nitrogens with zero attached hydrogens (tertiary/aromatic N) is 2. The van der Waals surface area contributed by atoms with Crippen molar-refractivity contribution < 1.29 is 19.1 Å². The van der Waals surface area contributed by atoms with Gasteiger partial charge in [-0.3, -0.25) is 25.2 Å². The van der Waals surface area contributed by atoms with Crippen molar-refractivity contribution in [2.45, 2.75) is 12.8 Å². The molecule has 0 radical (unpaired) electrons. The molecule has 1 fully saturated rings. The molecule has 0 aromatic heterocycles. The average Bonchev–Trinajstić information content (AvgIpc) is 3.16. The molecule has 0 spiro atoms. The molecule has 2 aromatic carbocycles. The van der Waals surface area contributed by atoms with E-state index in [-0.39, 0.29) is 23.8 Å². The van der Waals surface area contributed by atoms with Crippen LogP contribution in [0.15, 0.2) is 42.5 Å². The Morgan fingerprint density at radius 3 is 2.72 bits per heavy atom. The standard InChI is InChI=1S/C20H17ClN4O4/c21-15-8-7-13(10-16(15)25-9-3-6-19(25)27)20(28)24-23-18(26)12-29-17-5-2-1-4-14(17)11-22/h1-2,4-5,7-8,10H,3,6,9,12H2,(H,23,26)(H,24,28). The number of rotatable bonds is 5. The van der Waals surface area contributed by atoms with Crippen molar-refractivity contribution in [3.8, 4) is 11.8 Å². The summed E-state index contributed by atoms with van der Waals surface area (Å²) in [4.78, 5) is 37.7. The van der Waals surface area contributed by atoms with Gasteiger partial charge in [0.25, 0.3) is 11.8 Å². The number of anilines is 1. The number of hydrazine groups is 1. The molecular weight excluding hydrogens is 396 g/mol. The van der Waals surface area contributed by atoms with Crippen LogP contribution in [-0.4, -0.2) is 30.9 Å². The van der Waals surface area contributed by atoms with Gasteiger partial charge in [-0.2, -0.15) is 5.26 Å². The summed E-state index contributed by atoms with van der Waals surface area (Å²) in [7, 11) is 0. The lowest BCUT2D eigenvalue weighted by Crippen LogP contribution is -2.43. The molecule has 8 nitrogen and oxygen atoms in total. The number of ether oxygens (including phenoxy) is 1. The summed E-state index contributed by atoms with van der Waals surface area (Å²) in [6, 6.07) is 13.0. The normalized spacial score (nSPS) is 13.0. The van der Waals surface area contributed by atoms with E-state index < -0.39 is 11.8 Å². The second kappa shape index (κ2) is 9.08. The van der Waals surface area contributed by atoms with Gasteiger partial charge in [0.2, 0.25) is 5.91 Å². The molecule has 2 aromatic rings. The van der Waals surface area contributed by atoms with Gasteiger partial charge in [0.15, 0.2) is 6.61 Å². The maximum absolute atomic E-state index is 12.3. The van der Waals surface area contributed by atoms with Gasteiger partial charge in [0.05, 0.1) is 16.3 Å². The van der Waals surface area contributed by atoms with Crippen molar-refractivity contribution in [3.05, 3.63) is 58.6 Å². The van der Waals surface area contributed by atoms with Crippen molar-refractivity contribution in [2.75, 3.05) is 18.1 Å². The minimum atomic E-state index is -0.602. The smallest absolute Gasteiger partial charge is 0.276 e. The highest BCUT2D eigenvalue weighted by Crippen LogP contribution is 2.30. The Labute approximate surface area is 172 Å². The first-order valence-electron chi connectivity index (χ1n) is 8.80. The monoisotopic (exact) mass is 412 g/mol. The first-order valence-corrected chi connectivity index (χ1v) is 9.18. The molecule has 0 saturated carbocycles. The van der Waals surface area contributed by atoms with E-state index in [2.05, 4.69) is 10.9 Å². The van der Waals surface area contributed by atoms with Crippen molar-refractivity contribution >= 4 is 35.0 Å². The maximum atomic E-state index is 12.3. The van der Waals surface area contributed by atoms with Gasteiger partial charge in [0.1, 0.15) is 11.8 Å². The summed E-state index contributed by atoms with van der Waals surface area (Å²) in [5.74, 6) is -0.947. The quantitative estimate of drug-likeness (QED) is 0.731. The number of carbonyl (C=O) groups excluding carboxylic acids is 3. The predicted octanol–water partition coefficient (Wildman–Crippen LogP) is 2.18. The molecule has 1 saturated heterocycles. The summed E-state index contributed by atoms with van der Waals surface area (Å²) in [5, 5.41) is 9.37. The topological polar surface area (TPSA) is 112 Å². The highest BCUT2D eigenvalue weighted by Gasteiger charge is 2.24. The van der Waals surface area contributed by atoms with E-state index >= 15 is 0 Å². The Bertz CT molecular complexity index is 1000. The summed E-state index contributed by atoms with van der Waals surface area (Å²) in [6.45, 7) is 0.162. The van der Waals surface area contributed by atoms with Crippen LogP contribution in [0.3, 0.4) is 0 Å². The van der Waals surface area contributed by atoms with E-state index in [4.69, 9.17) is 21.6 Å². The van der Waals surface area contributed by atoms with Crippen LogP contribution in [0, 0.1) is 11.3 Å². The fraction of sp³-hybridized carbons (Fsp3) is 0.200. The Morgan fingerprint density at radius 2 is 2.00 bits per heavy atom. The molecule has 0 aliphatic carbocycles. The second-order valence-electron chi connectivity index (χ2n) is 6.21. The molecule has 1 aliphatic heterocycles. The van der Waals surface area contributed by atoms with E-state index in [0.717, 1.165) is 6.42 Å². The van der Waals surface area contributed by atoms with E-state index in [1.165, 1.54) is 23.1 Å². The van der Waals surface area contributed by atoms with Gasteiger partial charge in [-0.15, -0.1) is 0 Å². The van der Waals surface area contributed by atoms with E-state index in [1.807, 2.05) is 6.07 Å². The zero-order valence-corrected chi connectivity index (χ0v) is 16.0. The summed E-state index contributed by atoms with van der Waals surface area (Å²) >= 11 is 6.16. The number of nitriles is 1. The Hall–Kier alpha value is -3.57. The highest BCUT2D eigenvalue weighted by molar-refractivity contribution is 6.34. The summed E-state index contributed by atoms with van der Waals surface area (Å²) in [5.41, 5.74) is 5.52. The zero-order valence-electron chi connectivity index (χ0n) is 15.3. The zero-order chi connectivity index (χ0) is 20.8. The van der Waals surface area contributed by atoms with Gasteiger partial charge < -0.3 is 9.64 Å². The molecular formula is C20H17ClN4O4. The minimum absolute atomic E-state index is 0.0486. The number of nitrogens with one attached hydrogen (secondary N) is 2. The van der Waals surface area contributed by atoms with Crippen molar-refractivity contribution in [2.24, 2.45) is 0 Å². The van der Waals surface area contributed by atoms with Crippen LogP contribution in [0.2, 0.25) is 5.02 Å². The molecule has 148 valence electrons. The van der Waals surface area contributed by atoms with Gasteiger partial charge in [0, 0.05) is 18.5 Å². The first kappa shape index (κ1) is 20.2. The molecule has 3 amide bonds. The van der Waals surface area contributed by atoms with Crippen LogP contribution < -0.4 is 20.5 Å². The number of halogens is 1. The maximum Gasteiger partial charge on any atom is 0.276 e. The van der Waals surface area contributed by atoms with Crippen LogP contribution in [0.25, 0.3) is 0 Å². The average molecular weight is 413 g/mol. The third kappa shape index (κ3) is 4.83. The minimum Gasteiger partial charge on any atom is -0.482 e. The molecule has 9 heteroatoms.